The van der Waals surface area contributed by atoms with Crippen LogP contribution in [0.5, 0.6) is 5.75 Å². The summed E-state index contributed by atoms with van der Waals surface area (Å²) in [7, 11) is 0. The summed E-state index contributed by atoms with van der Waals surface area (Å²) in [6.07, 6.45) is 3.15. The highest BCUT2D eigenvalue weighted by Gasteiger charge is 2.11. The number of ether oxygens (including phenoxy) is 2. The van der Waals surface area contributed by atoms with Gasteiger partial charge in [0.05, 0.1) is 0 Å². The maximum atomic E-state index is 12.0. The van der Waals surface area contributed by atoms with Gasteiger partial charge in [0.1, 0.15) is 5.75 Å². The maximum Gasteiger partial charge on any atom is 0.387 e. The molecule has 1 aromatic carbocycles. The van der Waals surface area contributed by atoms with Gasteiger partial charge in [-0.1, -0.05) is 19.1 Å². The van der Waals surface area contributed by atoms with Gasteiger partial charge in [-0.05, 0) is 37.1 Å². The molecule has 7 nitrogen and oxygen atoms in total. The second kappa shape index (κ2) is 10.8. The second-order valence-corrected chi connectivity index (χ2v) is 5.22. The Kier molecular flexibility index (Phi) is 8.76. The molecule has 0 saturated heterocycles. The number of hydrogen-bond donors (Lipinski definition) is 2. The number of benzene rings is 1. The van der Waals surface area contributed by atoms with E-state index in [0.29, 0.717) is 12.0 Å². The van der Waals surface area contributed by atoms with Gasteiger partial charge >= 0.3 is 18.6 Å². The molecule has 0 spiro atoms. The Bertz CT molecular complexity index is 647. The molecule has 142 valence electrons. The van der Waals surface area contributed by atoms with Crippen LogP contribution in [-0.2, 0) is 14.3 Å². The number of alkyl halides is 2. The Morgan fingerprint density at radius 2 is 1.85 bits per heavy atom. The number of carbonyl (C=O) groups is 3. The van der Waals surface area contributed by atoms with Gasteiger partial charge in [-0.15, -0.1) is 0 Å². The molecule has 1 aromatic rings. The zero-order valence-electron chi connectivity index (χ0n) is 14.3. The minimum absolute atomic E-state index is 0.00735. The second-order valence-electron chi connectivity index (χ2n) is 5.22. The summed E-state index contributed by atoms with van der Waals surface area (Å²) in [5.74, 6) is -1.57. The van der Waals surface area contributed by atoms with E-state index in [2.05, 4.69) is 10.1 Å². The van der Waals surface area contributed by atoms with Crippen molar-refractivity contribution in [1.82, 2.24) is 10.6 Å². The fraction of sp³-hybridized carbons (Fsp3) is 0.353. The molecule has 0 aromatic heterocycles. The number of esters is 1. The van der Waals surface area contributed by atoms with Crippen LogP contribution in [0.4, 0.5) is 13.6 Å². The fourth-order valence-electron chi connectivity index (χ4n) is 1.63. The van der Waals surface area contributed by atoms with Crippen LogP contribution in [-0.4, -0.2) is 37.2 Å². The summed E-state index contributed by atoms with van der Waals surface area (Å²) in [5, 5.41) is 4.56. The molecule has 2 N–H and O–H groups in total. The van der Waals surface area contributed by atoms with E-state index in [4.69, 9.17) is 4.74 Å². The largest absolute Gasteiger partial charge is 0.452 e. The molecule has 0 unspecified atom stereocenters. The molecule has 0 aliphatic heterocycles. The molecule has 26 heavy (non-hydrogen) atoms. The van der Waals surface area contributed by atoms with Crippen LogP contribution >= 0.6 is 0 Å². The zero-order chi connectivity index (χ0) is 19.5. The number of urea groups is 1. The van der Waals surface area contributed by atoms with E-state index >= 15 is 0 Å². The van der Waals surface area contributed by atoms with Crippen LogP contribution in [0.1, 0.15) is 25.8 Å². The highest BCUT2D eigenvalue weighted by Crippen LogP contribution is 2.15. The quantitative estimate of drug-likeness (QED) is 0.542. The van der Waals surface area contributed by atoms with Crippen molar-refractivity contribution in [1.29, 1.82) is 0 Å². The molecule has 0 bridgehead atoms. The van der Waals surface area contributed by atoms with E-state index in [1.807, 2.05) is 12.2 Å². The predicted molar refractivity (Wildman–Crippen MR) is 89.5 cm³/mol. The fourth-order valence-corrected chi connectivity index (χ4v) is 1.63. The molecular formula is C17H20F2N2O5. The molecule has 0 aliphatic carbocycles. The third kappa shape index (κ3) is 8.76. The summed E-state index contributed by atoms with van der Waals surface area (Å²) in [5.41, 5.74) is 0.543. The summed E-state index contributed by atoms with van der Waals surface area (Å²) >= 11 is 0. The lowest BCUT2D eigenvalue weighted by Crippen LogP contribution is -2.44. The lowest BCUT2D eigenvalue weighted by Gasteiger charge is -2.11. The van der Waals surface area contributed by atoms with Gasteiger partial charge in [-0.25, -0.2) is 9.59 Å². The minimum Gasteiger partial charge on any atom is -0.452 e. The van der Waals surface area contributed by atoms with Gasteiger partial charge in [0, 0.05) is 12.1 Å². The molecule has 0 saturated carbocycles. The first-order chi connectivity index (χ1) is 12.3. The monoisotopic (exact) mass is 370 g/mol. The van der Waals surface area contributed by atoms with Crippen LogP contribution in [0, 0.1) is 0 Å². The lowest BCUT2D eigenvalue weighted by molar-refractivity contribution is -0.143. The van der Waals surface area contributed by atoms with Gasteiger partial charge in [0.2, 0.25) is 0 Å². The predicted octanol–water partition coefficient (Wildman–Crippen LogP) is 2.47. The highest BCUT2D eigenvalue weighted by molar-refractivity contribution is 5.96. The lowest BCUT2D eigenvalue weighted by atomic mass is 10.2. The van der Waals surface area contributed by atoms with Crippen molar-refractivity contribution in [2.45, 2.75) is 32.9 Å². The van der Waals surface area contributed by atoms with Gasteiger partial charge in [-0.3, -0.25) is 10.1 Å². The summed E-state index contributed by atoms with van der Waals surface area (Å²) in [4.78, 5) is 34.4. The van der Waals surface area contributed by atoms with Crippen molar-refractivity contribution in [2.24, 2.45) is 0 Å². The molecule has 1 rings (SSSR count). The number of nitrogens with one attached hydrogen (secondary N) is 2. The Morgan fingerprint density at radius 3 is 2.42 bits per heavy atom. The van der Waals surface area contributed by atoms with E-state index in [-0.39, 0.29) is 11.8 Å². The normalized spacial score (nSPS) is 11.9. The topological polar surface area (TPSA) is 93.7 Å². The molecule has 0 aliphatic rings. The molecule has 9 heteroatoms. The van der Waals surface area contributed by atoms with Crippen LogP contribution in [0.3, 0.4) is 0 Å². The smallest absolute Gasteiger partial charge is 0.387 e. The van der Waals surface area contributed by atoms with Gasteiger partial charge in [0.15, 0.2) is 6.61 Å². The summed E-state index contributed by atoms with van der Waals surface area (Å²) in [6, 6.07) is 4.81. The number of rotatable bonds is 8. The van der Waals surface area contributed by atoms with E-state index in [0.717, 1.165) is 6.08 Å². The summed E-state index contributed by atoms with van der Waals surface area (Å²) < 4.78 is 32.9. The average Bonchev–Trinajstić information content (AvgIpc) is 2.58. The van der Waals surface area contributed by atoms with E-state index in [9.17, 15) is 23.2 Å². The summed E-state index contributed by atoms with van der Waals surface area (Å²) in [6.45, 7) is 0.129. The Hall–Kier alpha value is -2.97. The Labute approximate surface area is 149 Å². The molecule has 1 atom stereocenters. The third-order valence-electron chi connectivity index (χ3n) is 3.11. The number of amides is 3. The average molecular weight is 370 g/mol. The number of hydrogen-bond acceptors (Lipinski definition) is 5. The van der Waals surface area contributed by atoms with Crippen molar-refractivity contribution in [2.75, 3.05) is 6.61 Å². The van der Waals surface area contributed by atoms with Gasteiger partial charge < -0.3 is 14.8 Å². The number of halogens is 2. The SMILES string of the molecule is CC[C@@H](C)NC(=O)NC(=O)COC(=O)/C=C/c1ccc(OC(F)F)cc1. The van der Waals surface area contributed by atoms with Crippen molar-refractivity contribution >= 4 is 24.0 Å². The molecule has 0 radical (unpaired) electrons. The number of carbonyl (C=O) groups excluding carboxylic acids is 3. The minimum atomic E-state index is -2.91. The Balaban J connectivity index is 2.38. The van der Waals surface area contributed by atoms with E-state index in [1.165, 1.54) is 30.3 Å². The highest BCUT2D eigenvalue weighted by atomic mass is 19.3. The first kappa shape index (κ1) is 21.1. The maximum absolute atomic E-state index is 12.0. The third-order valence-corrected chi connectivity index (χ3v) is 3.11. The van der Waals surface area contributed by atoms with E-state index < -0.39 is 31.1 Å². The molecule has 0 heterocycles. The van der Waals surface area contributed by atoms with Crippen molar-refractivity contribution in [3.63, 3.8) is 0 Å². The number of imide groups is 1. The molecular weight excluding hydrogens is 350 g/mol. The van der Waals surface area contributed by atoms with Gasteiger partial charge in [-0.2, -0.15) is 8.78 Å². The van der Waals surface area contributed by atoms with Crippen LogP contribution in [0.2, 0.25) is 0 Å². The van der Waals surface area contributed by atoms with Crippen molar-refractivity contribution < 1.29 is 32.6 Å². The standard InChI is InChI=1S/C17H20F2N2O5/c1-3-11(2)20-17(24)21-14(22)10-25-15(23)9-6-12-4-7-13(8-5-12)26-16(18)19/h4-9,11,16H,3,10H2,1-2H3,(H2,20,21,22,24)/b9-6+/t11-/m1/s1. The van der Waals surface area contributed by atoms with Crippen molar-refractivity contribution in [3.8, 4) is 5.75 Å². The van der Waals surface area contributed by atoms with Crippen LogP contribution < -0.4 is 15.4 Å². The molecule has 3 amide bonds. The first-order valence-electron chi connectivity index (χ1n) is 7.80. The molecule has 0 fully saturated rings. The van der Waals surface area contributed by atoms with E-state index in [1.54, 1.807) is 6.92 Å². The van der Waals surface area contributed by atoms with Crippen molar-refractivity contribution in [3.05, 3.63) is 35.9 Å². The van der Waals surface area contributed by atoms with Gasteiger partial charge in [0.25, 0.3) is 5.91 Å². The zero-order valence-corrected chi connectivity index (χ0v) is 14.3. The van der Waals surface area contributed by atoms with Crippen LogP contribution in [0.15, 0.2) is 30.3 Å². The first-order valence-corrected chi connectivity index (χ1v) is 7.80. The Morgan fingerprint density at radius 1 is 1.19 bits per heavy atom. The van der Waals surface area contributed by atoms with Crippen LogP contribution in [0.25, 0.3) is 6.08 Å².